The second-order valence-corrected chi connectivity index (χ2v) is 9.33. The molecule has 0 radical (unpaired) electrons. The average Bonchev–Trinajstić information content (AvgIpc) is 3.17. The Labute approximate surface area is 184 Å². The van der Waals surface area contributed by atoms with Gasteiger partial charge in [-0.2, -0.15) is 0 Å². The lowest BCUT2D eigenvalue weighted by Crippen LogP contribution is -2.34. The maximum Gasteiger partial charge on any atom is 0.222 e. The molecular formula is C22H26BrNO4S. The molecule has 1 amide bonds. The van der Waals surface area contributed by atoms with E-state index >= 15 is 0 Å². The molecule has 1 aliphatic rings. The maximum absolute atomic E-state index is 12.6. The number of amides is 1. The molecule has 0 aliphatic carbocycles. The number of rotatable bonds is 8. The molecule has 156 valence electrons. The molecule has 1 aromatic heterocycles. The van der Waals surface area contributed by atoms with E-state index in [4.69, 9.17) is 14.2 Å². The van der Waals surface area contributed by atoms with Crippen molar-refractivity contribution < 1.29 is 19.0 Å². The van der Waals surface area contributed by atoms with Crippen LogP contribution >= 0.6 is 27.3 Å². The van der Waals surface area contributed by atoms with E-state index in [2.05, 4.69) is 34.1 Å². The Bertz CT molecular complexity index is 868. The molecule has 7 heteroatoms. The first-order chi connectivity index (χ1) is 14.0. The molecule has 0 atom stereocenters. The number of aryl methyl sites for hydroxylation is 1. The van der Waals surface area contributed by atoms with Crippen molar-refractivity contribution >= 4 is 38.7 Å². The van der Waals surface area contributed by atoms with Crippen LogP contribution in [0.5, 0.6) is 17.2 Å². The van der Waals surface area contributed by atoms with Gasteiger partial charge in [-0.25, -0.2) is 0 Å². The number of thiophene rings is 1. The number of carbonyl (C=O) groups is 1. The molecule has 5 nitrogen and oxygen atoms in total. The van der Waals surface area contributed by atoms with Crippen LogP contribution in [0, 0.1) is 0 Å². The van der Waals surface area contributed by atoms with Crippen LogP contribution in [0.25, 0.3) is 5.57 Å². The zero-order valence-electron chi connectivity index (χ0n) is 17.0. The summed E-state index contributed by atoms with van der Waals surface area (Å²) in [4.78, 5) is 15.8. The third-order valence-corrected chi connectivity index (χ3v) is 6.72. The van der Waals surface area contributed by atoms with E-state index in [1.54, 1.807) is 32.7 Å². The number of hydrogen-bond acceptors (Lipinski definition) is 5. The summed E-state index contributed by atoms with van der Waals surface area (Å²) in [7, 11) is 4.90. The van der Waals surface area contributed by atoms with Crippen molar-refractivity contribution in [3.63, 3.8) is 0 Å². The third-order valence-electron chi connectivity index (χ3n) is 5.04. The number of methoxy groups -OCH3 is 3. The predicted molar refractivity (Wildman–Crippen MR) is 120 cm³/mol. The molecule has 1 aliphatic heterocycles. The molecule has 0 saturated heterocycles. The zero-order valence-corrected chi connectivity index (χ0v) is 19.4. The first-order valence-electron chi connectivity index (χ1n) is 9.57. The van der Waals surface area contributed by atoms with E-state index in [0.29, 0.717) is 36.8 Å². The summed E-state index contributed by atoms with van der Waals surface area (Å²) in [6.45, 7) is 1.31. The van der Waals surface area contributed by atoms with Gasteiger partial charge in [0.25, 0.3) is 0 Å². The Balaban J connectivity index is 1.63. The lowest BCUT2D eigenvalue weighted by molar-refractivity contribution is -0.130. The maximum atomic E-state index is 12.6. The lowest BCUT2D eigenvalue weighted by Gasteiger charge is -2.28. The molecule has 2 heterocycles. The topological polar surface area (TPSA) is 48.0 Å². The molecule has 0 unspecified atom stereocenters. The number of nitrogens with zero attached hydrogens (tertiary/aromatic N) is 1. The Morgan fingerprint density at radius 1 is 1.14 bits per heavy atom. The van der Waals surface area contributed by atoms with E-state index in [0.717, 1.165) is 34.2 Å². The molecule has 1 aromatic carbocycles. The highest BCUT2D eigenvalue weighted by Gasteiger charge is 2.22. The van der Waals surface area contributed by atoms with Crippen LogP contribution < -0.4 is 14.2 Å². The summed E-state index contributed by atoms with van der Waals surface area (Å²) < 4.78 is 17.6. The van der Waals surface area contributed by atoms with Crippen LogP contribution in [0.1, 0.15) is 29.7 Å². The van der Waals surface area contributed by atoms with E-state index in [1.807, 2.05) is 17.0 Å². The lowest BCUT2D eigenvalue weighted by atomic mass is 9.97. The monoisotopic (exact) mass is 479 g/mol. The molecule has 0 bridgehead atoms. The van der Waals surface area contributed by atoms with E-state index in [-0.39, 0.29) is 5.91 Å². The molecule has 0 spiro atoms. The number of halogens is 1. The summed E-state index contributed by atoms with van der Waals surface area (Å²) >= 11 is 5.21. The fourth-order valence-corrected chi connectivity index (χ4v) is 5.03. The highest BCUT2D eigenvalue weighted by Crippen LogP contribution is 2.40. The van der Waals surface area contributed by atoms with Gasteiger partial charge < -0.3 is 19.1 Å². The number of benzene rings is 1. The highest BCUT2D eigenvalue weighted by molar-refractivity contribution is 9.11. The van der Waals surface area contributed by atoms with Crippen LogP contribution in [-0.4, -0.2) is 45.2 Å². The molecular weight excluding hydrogens is 454 g/mol. The van der Waals surface area contributed by atoms with Gasteiger partial charge in [-0.3, -0.25) is 4.79 Å². The average molecular weight is 480 g/mol. The molecule has 0 saturated carbocycles. The van der Waals surface area contributed by atoms with Crippen molar-refractivity contribution in [2.45, 2.75) is 25.7 Å². The van der Waals surface area contributed by atoms with Crippen LogP contribution in [0.3, 0.4) is 0 Å². The number of ether oxygens (including phenoxy) is 3. The largest absolute Gasteiger partial charge is 0.496 e. The fraction of sp³-hybridized carbons (Fsp3) is 0.409. The SMILES string of the molecule is COc1cc(OC)c(C2=CCN(C(=O)CCCc3ccc(Br)s3)CC2)c(OC)c1. The van der Waals surface area contributed by atoms with Crippen LogP contribution in [0.2, 0.25) is 0 Å². The summed E-state index contributed by atoms with van der Waals surface area (Å²) in [5.41, 5.74) is 2.07. The smallest absolute Gasteiger partial charge is 0.222 e. The van der Waals surface area contributed by atoms with Gasteiger partial charge in [-0.1, -0.05) is 6.08 Å². The van der Waals surface area contributed by atoms with Crippen LogP contribution in [-0.2, 0) is 11.2 Å². The summed E-state index contributed by atoms with van der Waals surface area (Å²) in [5, 5.41) is 0. The minimum absolute atomic E-state index is 0.213. The summed E-state index contributed by atoms with van der Waals surface area (Å²) in [5.74, 6) is 2.33. The van der Waals surface area contributed by atoms with Gasteiger partial charge in [0.05, 0.1) is 30.7 Å². The Morgan fingerprint density at radius 3 is 2.38 bits per heavy atom. The number of carbonyl (C=O) groups excluding carboxylic acids is 1. The van der Waals surface area contributed by atoms with Crippen molar-refractivity contribution in [2.75, 3.05) is 34.4 Å². The van der Waals surface area contributed by atoms with Crippen LogP contribution in [0.4, 0.5) is 0 Å². The normalized spacial score (nSPS) is 13.8. The second kappa shape index (κ2) is 10.2. The molecule has 2 aromatic rings. The van der Waals surface area contributed by atoms with Crippen molar-refractivity contribution in [3.05, 3.63) is 44.6 Å². The minimum atomic E-state index is 0.213. The molecule has 0 fully saturated rings. The van der Waals surface area contributed by atoms with E-state index in [1.165, 1.54) is 4.88 Å². The summed E-state index contributed by atoms with van der Waals surface area (Å²) in [6.07, 6.45) is 5.26. The quantitative estimate of drug-likeness (QED) is 0.523. The third kappa shape index (κ3) is 5.34. The van der Waals surface area contributed by atoms with Crippen LogP contribution in [0.15, 0.2) is 34.1 Å². The Hall–Kier alpha value is -1.99. The fourth-order valence-electron chi connectivity index (χ4n) is 3.50. The van der Waals surface area contributed by atoms with Gasteiger partial charge in [0.1, 0.15) is 17.2 Å². The van der Waals surface area contributed by atoms with Gasteiger partial charge in [-0.15, -0.1) is 11.3 Å². The predicted octanol–water partition coefficient (Wildman–Crippen LogP) is 5.18. The standard InChI is InChI=1S/C22H26BrNO4S/c1-26-16-13-18(27-2)22(19(14-16)28-3)15-9-11-24(12-10-15)21(25)6-4-5-17-7-8-20(23)29-17/h7-9,13-14H,4-6,10-12H2,1-3H3. The van der Waals surface area contributed by atoms with E-state index < -0.39 is 0 Å². The molecule has 29 heavy (non-hydrogen) atoms. The van der Waals surface area contributed by atoms with Gasteiger partial charge in [-0.05, 0) is 52.9 Å². The van der Waals surface area contributed by atoms with Gasteiger partial charge in [0, 0.05) is 36.5 Å². The number of hydrogen-bond donors (Lipinski definition) is 0. The van der Waals surface area contributed by atoms with Crippen molar-refractivity contribution in [1.29, 1.82) is 0 Å². The second-order valence-electron chi connectivity index (χ2n) is 6.79. The highest BCUT2D eigenvalue weighted by atomic mass is 79.9. The first kappa shape index (κ1) is 21.7. The molecule has 0 N–H and O–H groups in total. The Kier molecular flexibility index (Phi) is 7.61. The van der Waals surface area contributed by atoms with Crippen molar-refractivity contribution in [3.8, 4) is 17.2 Å². The van der Waals surface area contributed by atoms with E-state index in [9.17, 15) is 4.79 Å². The van der Waals surface area contributed by atoms with Gasteiger partial charge in [0.2, 0.25) is 5.91 Å². The Morgan fingerprint density at radius 2 is 1.86 bits per heavy atom. The summed E-state index contributed by atoms with van der Waals surface area (Å²) in [6, 6.07) is 7.89. The molecule has 3 rings (SSSR count). The van der Waals surface area contributed by atoms with Crippen molar-refractivity contribution in [1.82, 2.24) is 4.90 Å². The van der Waals surface area contributed by atoms with Gasteiger partial charge >= 0.3 is 0 Å². The van der Waals surface area contributed by atoms with Gasteiger partial charge in [0.15, 0.2) is 0 Å². The van der Waals surface area contributed by atoms with Crippen molar-refractivity contribution in [2.24, 2.45) is 0 Å². The first-order valence-corrected chi connectivity index (χ1v) is 11.2. The zero-order chi connectivity index (χ0) is 20.8. The minimum Gasteiger partial charge on any atom is -0.496 e.